The molecule has 29 heavy (non-hydrogen) atoms. The van der Waals surface area contributed by atoms with Crippen LogP contribution in [0.5, 0.6) is 5.75 Å². The monoisotopic (exact) mass is 416 g/mol. The molecule has 1 N–H and O–H groups in total. The predicted molar refractivity (Wildman–Crippen MR) is 120 cm³/mol. The van der Waals surface area contributed by atoms with Gasteiger partial charge in [-0.15, -0.1) is 0 Å². The van der Waals surface area contributed by atoms with Crippen LogP contribution in [0.4, 0.5) is 5.13 Å². The number of hydrogen-bond acceptors (Lipinski definition) is 6. The highest BCUT2D eigenvalue weighted by Gasteiger charge is 2.25. The van der Waals surface area contributed by atoms with Crippen LogP contribution in [0.3, 0.4) is 0 Å². The minimum Gasteiger partial charge on any atom is -0.497 e. The number of aliphatic imine (C=N–C) groups is 1. The Morgan fingerprint density at radius 3 is 2.45 bits per heavy atom. The van der Waals surface area contributed by atoms with E-state index in [0.717, 1.165) is 61.8 Å². The van der Waals surface area contributed by atoms with Gasteiger partial charge in [0.05, 0.1) is 7.11 Å². The molecule has 0 radical (unpaired) electrons. The Balaban J connectivity index is 1.55. The number of aromatic nitrogens is 2. The lowest BCUT2D eigenvalue weighted by Gasteiger charge is -2.37. The Bertz CT molecular complexity index is 809. The van der Waals surface area contributed by atoms with E-state index in [-0.39, 0.29) is 5.41 Å². The Morgan fingerprint density at radius 1 is 1.21 bits per heavy atom. The lowest BCUT2D eigenvalue weighted by atomic mass is 9.84. The first-order chi connectivity index (χ1) is 14.0. The fraction of sp³-hybridized carbons (Fsp3) is 0.571. The third-order valence-electron chi connectivity index (χ3n) is 5.40. The van der Waals surface area contributed by atoms with Crippen molar-refractivity contribution >= 4 is 22.6 Å². The van der Waals surface area contributed by atoms with Gasteiger partial charge >= 0.3 is 0 Å². The minimum atomic E-state index is -0.0207. The Kier molecular flexibility index (Phi) is 6.95. The molecular weight excluding hydrogens is 384 g/mol. The van der Waals surface area contributed by atoms with Gasteiger partial charge in [-0.25, -0.2) is 4.98 Å². The normalized spacial score (nSPS) is 15.6. The smallest absolute Gasteiger partial charge is 0.205 e. The van der Waals surface area contributed by atoms with Crippen molar-refractivity contribution in [3.05, 3.63) is 35.7 Å². The fourth-order valence-electron chi connectivity index (χ4n) is 3.40. The maximum Gasteiger partial charge on any atom is 0.205 e. The zero-order valence-electron chi connectivity index (χ0n) is 18.1. The van der Waals surface area contributed by atoms with Gasteiger partial charge in [0.1, 0.15) is 11.6 Å². The predicted octanol–water partition coefficient (Wildman–Crippen LogP) is 2.78. The molecule has 2 aromatic rings. The van der Waals surface area contributed by atoms with Gasteiger partial charge in [-0.2, -0.15) is 4.37 Å². The van der Waals surface area contributed by atoms with Crippen molar-refractivity contribution in [2.75, 3.05) is 51.8 Å². The molecule has 0 atom stereocenters. The van der Waals surface area contributed by atoms with Gasteiger partial charge in [-0.05, 0) is 17.7 Å². The van der Waals surface area contributed by atoms with E-state index in [0.29, 0.717) is 0 Å². The molecule has 2 heterocycles. The molecular formula is C21H32N6OS. The number of piperazine rings is 1. The van der Waals surface area contributed by atoms with Crippen LogP contribution in [-0.4, -0.2) is 67.1 Å². The summed E-state index contributed by atoms with van der Waals surface area (Å²) in [4.78, 5) is 13.8. The number of aryl methyl sites for hydroxylation is 1. The molecule has 3 rings (SSSR count). The molecule has 7 nitrogen and oxygen atoms in total. The molecule has 1 aliphatic rings. The van der Waals surface area contributed by atoms with Crippen LogP contribution in [-0.2, 0) is 11.8 Å². The van der Waals surface area contributed by atoms with E-state index in [1.54, 1.807) is 7.11 Å². The van der Waals surface area contributed by atoms with Gasteiger partial charge in [0.15, 0.2) is 5.96 Å². The number of methoxy groups -OCH3 is 1. The van der Waals surface area contributed by atoms with Gasteiger partial charge in [0, 0.05) is 63.1 Å². The quantitative estimate of drug-likeness (QED) is 0.577. The molecule has 0 spiro atoms. The zero-order valence-corrected chi connectivity index (χ0v) is 18.9. The van der Waals surface area contributed by atoms with Crippen LogP contribution in [0.2, 0.25) is 0 Å². The van der Waals surface area contributed by atoms with E-state index in [1.807, 2.05) is 19.2 Å². The van der Waals surface area contributed by atoms with Gasteiger partial charge in [0.2, 0.25) is 5.13 Å². The number of hydrogen-bond donors (Lipinski definition) is 1. The van der Waals surface area contributed by atoms with Crippen LogP contribution in [0.1, 0.15) is 32.2 Å². The Morgan fingerprint density at radius 2 is 1.90 bits per heavy atom. The van der Waals surface area contributed by atoms with Crippen molar-refractivity contribution in [2.45, 2.75) is 32.6 Å². The standard InChI is InChI=1S/C21H32N6OS/c1-6-18-24-20(29-25-18)27-13-11-26(12-14-27)19(22-4)23-15-21(2,3)16-7-9-17(28-5)10-8-16/h7-10H,6,11-15H2,1-5H3,(H,22,23). The number of anilines is 1. The summed E-state index contributed by atoms with van der Waals surface area (Å²) in [5, 5.41) is 4.61. The zero-order chi connectivity index (χ0) is 20.9. The van der Waals surface area contributed by atoms with Crippen LogP contribution in [0, 0.1) is 0 Å². The van der Waals surface area contributed by atoms with Crippen LogP contribution >= 0.6 is 11.5 Å². The van der Waals surface area contributed by atoms with Gasteiger partial charge in [-0.3, -0.25) is 4.99 Å². The number of guanidine groups is 1. The molecule has 0 saturated carbocycles. The summed E-state index contributed by atoms with van der Waals surface area (Å²) in [5.74, 6) is 2.77. The van der Waals surface area contributed by atoms with Crippen LogP contribution < -0.4 is 15.0 Å². The van der Waals surface area contributed by atoms with Crippen molar-refractivity contribution in [1.82, 2.24) is 19.6 Å². The topological polar surface area (TPSA) is 65.9 Å². The first-order valence-corrected chi connectivity index (χ1v) is 10.9. The molecule has 8 heteroatoms. The summed E-state index contributed by atoms with van der Waals surface area (Å²) < 4.78 is 9.68. The third-order valence-corrected chi connectivity index (χ3v) is 6.21. The van der Waals surface area contributed by atoms with Crippen molar-refractivity contribution in [1.29, 1.82) is 0 Å². The second kappa shape index (κ2) is 9.43. The van der Waals surface area contributed by atoms with Crippen molar-refractivity contribution < 1.29 is 4.74 Å². The van der Waals surface area contributed by atoms with E-state index in [2.05, 4.69) is 62.4 Å². The molecule has 0 aliphatic carbocycles. The van der Waals surface area contributed by atoms with E-state index in [9.17, 15) is 0 Å². The van der Waals surface area contributed by atoms with E-state index < -0.39 is 0 Å². The summed E-state index contributed by atoms with van der Waals surface area (Å²) in [6.07, 6.45) is 0.886. The lowest BCUT2D eigenvalue weighted by Crippen LogP contribution is -2.54. The number of rotatable bonds is 6. The molecule has 1 saturated heterocycles. The first-order valence-electron chi connectivity index (χ1n) is 10.1. The van der Waals surface area contributed by atoms with Gasteiger partial charge in [0.25, 0.3) is 0 Å². The second-order valence-electron chi connectivity index (χ2n) is 7.83. The Hall–Kier alpha value is -2.35. The highest BCUT2D eigenvalue weighted by atomic mass is 32.1. The average Bonchev–Trinajstić information content (AvgIpc) is 3.24. The molecule has 1 aromatic heterocycles. The molecule has 1 fully saturated rings. The fourth-order valence-corrected chi connectivity index (χ4v) is 4.20. The Labute approximate surface area is 178 Å². The summed E-state index contributed by atoms with van der Waals surface area (Å²) in [6.45, 7) is 11.1. The van der Waals surface area contributed by atoms with Crippen LogP contribution in [0.25, 0.3) is 0 Å². The summed E-state index contributed by atoms with van der Waals surface area (Å²) >= 11 is 1.50. The number of nitrogens with one attached hydrogen (secondary N) is 1. The maximum absolute atomic E-state index is 5.27. The molecule has 1 aliphatic heterocycles. The van der Waals surface area contributed by atoms with E-state index in [4.69, 9.17) is 4.74 Å². The largest absolute Gasteiger partial charge is 0.497 e. The third kappa shape index (κ3) is 5.18. The van der Waals surface area contributed by atoms with Crippen molar-refractivity contribution in [3.63, 3.8) is 0 Å². The highest BCUT2D eigenvalue weighted by Crippen LogP contribution is 2.25. The summed E-state index contributed by atoms with van der Waals surface area (Å²) in [6, 6.07) is 8.30. The summed E-state index contributed by atoms with van der Waals surface area (Å²) in [7, 11) is 3.55. The van der Waals surface area contributed by atoms with Crippen LogP contribution in [0.15, 0.2) is 29.3 Å². The lowest BCUT2D eigenvalue weighted by molar-refractivity contribution is 0.366. The molecule has 158 valence electrons. The molecule has 1 aromatic carbocycles. The SMILES string of the molecule is CCc1nsc(N2CCN(C(=NC)NCC(C)(C)c3ccc(OC)cc3)CC2)n1. The number of benzene rings is 1. The minimum absolute atomic E-state index is 0.0207. The molecule has 0 unspecified atom stereocenters. The maximum atomic E-state index is 5.27. The van der Waals surface area contributed by atoms with Gasteiger partial charge in [-0.1, -0.05) is 32.9 Å². The highest BCUT2D eigenvalue weighted by molar-refractivity contribution is 7.09. The van der Waals surface area contributed by atoms with E-state index in [1.165, 1.54) is 17.1 Å². The van der Waals surface area contributed by atoms with Crippen molar-refractivity contribution in [2.24, 2.45) is 4.99 Å². The van der Waals surface area contributed by atoms with E-state index >= 15 is 0 Å². The first kappa shape index (κ1) is 21.4. The number of nitrogens with zero attached hydrogens (tertiary/aromatic N) is 5. The average molecular weight is 417 g/mol. The summed E-state index contributed by atoms with van der Waals surface area (Å²) in [5.41, 5.74) is 1.25. The second-order valence-corrected chi connectivity index (χ2v) is 8.56. The van der Waals surface area contributed by atoms with Crippen molar-refractivity contribution in [3.8, 4) is 5.75 Å². The molecule has 0 amide bonds. The number of ether oxygens (including phenoxy) is 1. The van der Waals surface area contributed by atoms with Gasteiger partial charge < -0.3 is 19.9 Å². The molecule has 0 bridgehead atoms.